The lowest BCUT2D eigenvalue weighted by Gasteiger charge is -2.14. The van der Waals surface area contributed by atoms with E-state index in [0.717, 1.165) is 0 Å². The van der Waals surface area contributed by atoms with Crippen molar-refractivity contribution in [2.45, 2.75) is 5.92 Å². The van der Waals surface area contributed by atoms with Gasteiger partial charge in [-0.15, -0.1) is 0 Å². The lowest BCUT2D eigenvalue weighted by Crippen LogP contribution is -2.19. The largest absolute Gasteiger partial charge is 0.497 e. The molecule has 0 heterocycles. The number of aliphatic carboxylic acids is 1. The molecule has 21 heavy (non-hydrogen) atoms. The highest BCUT2D eigenvalue weighted by Crippen LogP contribution is 2.22. The third-order valence-electron chi connectivity index (χ3n) is 3.03. The first-order chi connectivity index (χ1) is 10.1. The monoisotopic (exact) mass is 290 g/mol. The van der Waals surface area contributed by atoms with Gasteiger partial charge in [-0.2, -0.15) is 0 Å². The molecule has 0 spiro atoms. The van der Waals surface area contributed by atoms with Gasteiger partial charge in [0.1, 0.15) is 29.8 Å². The van der Waals surface area contributed by atoms with Crippen molar-refractivity contribution in [1.29, 1.82) is 0 Å². The van der Waals surface area contributed by atoms with Crippen molar-refractivity contribution in [3.05, 3.63) is 59.9 Å². The number of carbonyl (C=O) groups is 1. The van der Waals surface area contributed by atoms with Gasteiger partial charge in [-0.25, -0.2) is 4.39 Å². The zero-order valence-electron chi connectivity index (χ0n) is 11.5. The predicted octanol–water partition coefficient (Wildman–Crippen LogP) is 3.08. The molecule has 0 amide bonds. The van der Waals surface area contributed by atoms with Crippen molar-refractivity contribution >= 4 is 5.97 Å². The van der Waals surface area contributed by atoms with Crippen LogP contribution in [0.2, 0.25) is 0 Å². The van der Waals surface area contributed by atoms with Crippen LogP contribution >= 0.6 is 0 Å². The molecule has 0 saturated heterocycles. The third kappa shape index (κ3) is 3.95. The molecule has 1 unspecified atom stereocenters. The number of carboxylic acid groups (broad SMARTS) is 1. The Morgan fingerprint density at radius 1 is 1.19 bits per heavy atom. The number of ether oxygens (including phenoxy) is 2. The Morgan fingerprint density at radius 2 is 1.86 bits per heavy atom. The quantitative estimate of drug-likeness (QED) is 0.888. The first-order valence-electron chi connectivity index (χ1n) is 6.35. The van der Waals surface area contributed by atoms with Crippen LogP contribution in [0.25, 0.3) is 0 Å². The van der Waals surface area contributed by atoms with Crippen molar-refractivity contribution in [3.8, 4) is 11.5 Å². The summed E-state index contributed by atoms with van der Waals surface area (Å²) in [6, 6.07) is 12.3. The van der Waals surface area contributed by atoms with E-state index in [1.54, 1.807) is 24.3 Å². The van der Waals surface area contributed by atoms with E-state index in [4.69, 9.17) is 9.47 Å². The summed E-state index contributed by atoms with van der Waals surface area (Å²) in [4.78, 5) is 11.3. The first kappa shape index (κ1) is 14.8. The molecule has 0 radical (unpaired) electrons. The molecular formula is C16H15FO4. The van der Waals surface area contributed by atoms with Crippen LogP contribution in [0, 0.1) is 5.82 Å². The molecule has 4 nitrogen and oxygen atoms in total. The average Bonchev–Trinajstić information content (AvgIpc) is 2.49. The summed E-state index contributed by atoms with van der Waals surface area (Å²) in [6.07, 6.45) is 0. The molecular weight excluding hydrogens is 275 g/mol. The Bertz CT molecular complexity index is 610. The Morgan fingerprint density at radius 3 is 2.48 bits per heavy atom. The van der Waals surface area contributed by atoms with Crippen LogP contribution in [0.1, 0.15) is 11.5 Å². The highest BCUT2D eigenvalue weighted by atomic mass is 19.1. The molecule has 0 aliphatic heterocycles. The molecule has 1 N–H and O–H groups in total. The van der Waals surface area contributed by atoms with Gasteiger partial charge in [0, 0.05) is 6.07 Å². The maximum absolute atomic E-state index is 12.9. The fraction of sp³-hybridized carbons (Fsp3) is 0.188. The lowest BCUT2D eigenvalue weighted by molar-refractivity contribution is -0.139. The molecule has 0 aromatic heterocycles. The average molecular weight is 290 g/mol. The molecule has 0 bridgehead atoms. The summed E-state index contributed by atoms with van der Waals surface area (Å²) in [5.74, 6) is -1.15. The molecule has 0 aliphatic carbocycles. The summed E-state index contributed by atoms with van der Waals surface area (Å²) >= 11 is 0. The fourth-order valence-corrected chi connectivity index (χ4v) is 1.88. The molecule has 110 valence electrons. The van der Waals surface area contributed by atoms with Crippen LogP contribution in [0.4, 0.5) is 4.39 Å². The second-order valence-corrected chi connectivity index (χ2v) is 4.43. The summed E-state index contributed by atoms with van der Waals surface area (Å²) in [5.41, 5.74) is 0.492. The minimum atomic E-state index is -1.02. The van der Waals surface area contributed by atoms with Crippen LogP contribution in [-0.2, 0) is 4.79 Å². The van der Waals surface area contributed by atoms with Crippen LogP contribution in [0.3, 0.4) is 0 Å². The molecule has 2 aromatic carbocycles. The molecule has 0 aliphatic rings. The highest BCUT2D eigenvalue weighted by Gasteiger charge is 2.21. The minimum Gasteiger partial charge on any atom is -0.497 e. The fourth-order valence-electron chi connectivity index (χ4n) is 1.88. The molecule has 0 fully saturated rings. The van der Waals surface area contributed by atoms with Crippen LogP contribution < -0.4 is 9.47 Å². The van der Waals surface area contributed by atoms with Crippen molar-refractivity contribution in [2.75, 3.05) is 13.7 Å². The van der Waals surface area contributed by atoms with Gasteiger partial charge in [-0.3, -0.25) is 4.79 Å². The number of carboxylic acids is 1. The van der Waals surface area contributed by atoms with Crippen molar-refractivity contribution in [3.63, 3.8) is 0 Å². The first-order valence-corrected chi connectivity index (χ1v) is 6.35. The van der Waals surface area contributed by atoms with E-state index < -0.39 is 17.7 Å². The predicted molar refractivity (Wildman–Crippen MR) is 75.3 cm³/mol. The number of halogens is 1. The lowest BCUT2D eigenvalue weighted by atomic mass is 10.0. The van der Waals surface area contributed by atoms with Crippen LogP contribution in [0.5, 0.6) is 11.5 Å². The maximum Gasteiger partial charge on any atom is 0.314 e. The third-order valence-corrected chi connectivity index (χ3v) is 3.03. The van der Waals surface area contributed by atoms with Gasteiger partial charge >= 0.3 is 5.97 Å². The van der Waals surface area contributed by atoms with E-state index in [1.807, 2.05) is 0 Å². The van der Waals surface area contributed by atoms with Gasteiger partial charge in [0.05, 0.1) is 7.11 Å². The Balaban J connectivity index is 2.10. The van der Waals surface area contributed by atoms with E-state index in [-0.39, 0.29) is 6.61 Å². The number of methoxy groups -OCH3 is 1. The minimum absolute atomic E-state index is 0.0475. The van der Waals surface area contributed by atoms with Gasteiger partial charge in [0.2, 0.25) is 0 Å². The second-order valence-electron chi connectivity index (χ2n) is 4.43. The second kappa shape index (κ2) is 6.74. The van der Waals surface area contributed by atoms with Crippen molar-refractivity contribution < 1.29 is 23.8 Å². The van der Waals surface area contributed by atoms with E-state index in [2.05, 4.69) is 0 Å². The van der Waals surface area contributed by atoms with Crippen LogP contribution in [-0.4, -0.2) is 24.8 Å². The standard InChI is InChI=1S/C16H15FO4/c1-20-13-3-2-4-14(9-13)21-10-15(16(18)19)11-5-7-12(17)8-6-11/h2-9,15H,10H2,1H3,(H,18,19). The molecule has 0 saturated carbocycles. The topological polar surface area (TPSA) is 55.8 Å². The SMILES string of the molecule is COc1cccc(OCC(C(=O)O)c2ccc(F)cc2)c1. The van der Waals surface area contributed by atoms with E-state index in [1.165, 1.54) is 31.4 Å². The molecule has 2 aromatic rings. The van der Waals surface area contributed by atoms with Gasteiger partial charge in [0.15, 0.2) is 0 Å². The summed E-state index contributed by atoms with van der Waals surface area (Å²) in [6.45, 7) is -0.0475. The smallest absolute Gasteiger partial charge is 0.314 e. The van der Waals surface area contributed by atoms with E-state index in [9.17, 15) is 14.3 Å². The number of rotatable bonds is 6. The van der Waals surface area contributed by atoms with Crippen molar-refractivity contribution in [1.82, 2.24) is 0 Å². The van der Waals surface area contributed by atoms with Crippen molar-refractivity contribution in [2.24, 2.45) is 0 Å². The zero-order valence-corrected chi connectivity index (χ0v) is 11.5. The van der Waals surface area contributed by atoms with Gasteiger partial charge in [-0.05, 0) is 29.8 Å². The molecule has 2 rings (SSSR count). The summed E-state index contributed by atoms with van der Waals surface area (Å²) < 4.78 is 23.5. The number of benzene rings is 2. The normalized spacial score (nSPS) is 11.7. The van der Waals surface area contributed by atoms with Gasteiger partial charge in [-0.1, -0.05) is 18.2 Å². The maximum atomic E-state index is 12.9. The van der Waals surface area contributed by atoms with E-state index in [0.29, 0.717) is 17.1 Å². The Hall–Kier alpha value is -2.56. The zero-order chi connectivity index (χ0) is 15.2. The van der Waals surface area contributed by atoms with Crippen LogP contribution in [0.15, 0.2) is 48.5 Å². The highest BCUT2D eigenvalue weighted by molar-refractivity contribution is 5.76. The summed E-state index contributed by atoms with van der Waals surface area (Å²) in [7, 11) is 1.54. The molecule has 1 atom stereocenters. The Labute approximate surface area is 121 Å². The Kier molecular flexibility index (Phi) is 4.77. The summed E-state index contributed by atoms with van der Waals surface area (Å²) in [5, 5.41) is 9.28. The van der Waals surface area contributed by atoms with Gasteiger partial charge in [0.25, 0.3) is 0 Å². The van der Waals surface area contributed by atoms with Gasteiger partial charge < -0.3 is 14.6 Å². The molecule has 5 heteroatoms. The van der Waals surface area contributed by atoms with E-state index >= 15 is 0 Å². The number of hydrogen-bond donors (Lipinski definition) is 1. The number of hydrogen-bond acceptors (Lipinski definition) is 3.